The van der Waals surface area contributed by atoms with Crippen molar-refractivity contribution in [2.45, 2.75) is 64.2 Å². The van der Waals surface area contributed by atoms with E-state index in [0.29, 0.717) is 13.1 Å². The minimum absolute atomic E-state index is 0.531. The Bertz CT molecular complexity index is 148. The lowest BCUT2D eigenvalue weighted by atomic mass is 10.1. The van der Waals surface area contributed by atoms with Gasteiger partial charge in [0.2, 0.25) is 0 Å². The molecule has 0 spiro atoms. The van der Waals surface area contributed by atoms with Crippen LogP contribution in [0.4, 0.5) is 0 Å². The number of hydrogen-bond donors (Lipinski definition) is 0. The smallest absolute Gasteiger partial charge is 0.293 e. The number of carbonyl (C=O) groups excluding carboxylic acids is 1. The molecule has 0 aliphatic rings. The fraction of sp³-hybridized carbons (Fsp3) is 0.929. The lowest BCUT2D eigenvalue weighted by molar-refractivity contribution is -0.128. The molecule has 102 valence electrons. The highest BCUT2D eigenvalue weighted by Crippen LogP contribution is 2.10. The molecular formula is C14H28O3. The molecule has 0 aliphatic heterocycles. The van der Waals surface area contributed by atoms with Crippen LogP contribution in [0.5, 0.6) is 0 Å². The summed E-state index contributed by atoms with van der Waals surface area (Å²) >= 11 is 0. The van der Waals surface area contributed by atoms with Crippen molar-refractivity contribution in [2.24, 2.45) is 0 Å². The Morgan fingerprint density at radius 1 is 0.706 bits per heavy atom. The minimum atomic E-state index is 0.531. The maximum Gasteiger partial charge on any atom is 0.293 e. The van der Waals surface area contributed by atoms with Crippen LogP contribution in [-0.4, -0.2) is 26.8 Å². The number of rotatable bonds is 14. The third-order valence-electron chi connectivity index (χ3n) is 2.93. The van der Waals surface area contributed by atoms with Crippen molar-refractivity contribution in [3.8, 4) is 0 Å². The van der Waals surface area contributed by atoms with E-state index in [0.717, 1.165) is 13.0 Å². The van der Waals surface area contributed by atoms with Crippen LogP contribution in [0, 0.1) is 0 Å². The first kappa shape index (κ1) is 16.4. The Hall–Kier alpha value is -0.570. The molecule has 0 bridgehead atoms. The van der Waals surface area contributed by atoms with Crippen molar-refractivity contribution >= 4 is 6.47 Å². The fourth-order valence-corrected chi connectivity index (χ4v) is 1.89. The number of carbonyl (C=O) groups is 1. The van der Waals surface area contributed by atoms with Gasteiger partial charge in [-0.2, -0.15) is 0 Å². The first-order chi connectivity index (χ1) is 8.41. The molecule has 0 rings (SSSR count). The number of unbranched alkanes of at least 4 members (excludes halogenated alkanes) is 9. The number of hydrogen-bond acceptors (Lipinski definition) is 3. The molecule has 0 atom stereocenters. The van der Waals surface area contributed by atoms with Crippen molar-refractivity contribution < 1.29 is 14.3 Å². The maximum absolute atomic E-state index is 9.88. The van der Waals surface area contributed by atoms with E-state index < -0.39 is 0 Å². The minimum Gasteiger partial charge on any atom is -0.468 e. The van der Waals surface area contributed by atoms with Gasteiger partial charge in [0, 0.05) is 13.7 Å². The van der Waals surface area contributed by atoms with Gasteiger partial charge in [-0.15, -0.1) is 0 Å². The number of ether oxygens (including phenoxy) is 2. The molecule has 0 aliphatic carbocycles. The molecular weight excluding hydrogens is 216 g/mol. The van der Waals surface area contributed by atoms with Gasteiger partial charge in [0.25, 0.3) is 6.47 Å². The molecule has 0 aromatic rings. The zero-order valence-electron chi connectivity index (χ0n) is 11.3. The summed E-state index contributed by atoms with van der Waals surface area (Å²) in [6.45, 7) is 2.02. The van der Waals surface area contributed by atoms with E-state index in [2.05, 4.69) is 4.74 Å². The van der Waals surface area contributed by atoms with Crippen molar-refractivity contribution in [3.05, 3.63) is 0 Å². The second kappa shape index (κ2) is 15.4. The highest BCUT2D eigenvalue weighted by Gasteiger charge is 1.93. The largest absolute Gasteiger partial charge is 0.468 e. The molecule has 3 heteroatoms. The van der Waals surface area contributed by atoms with Gasteiger partial charge in [-0.1, -0.05) is 51.4 Å². The third-order valence-corrected chi connectivity index (χ3v) is 2.93. The predicted molar refractivity (Wildman–Crippen MR) is 70.1 cm³/mol. The van der Waals surface area contributed by atoms with E-state index in [1.807, 2.05) is 0 Å². The van der Waals surface area contributed by atoms with Crippen LogP contribution in [0.3, 0.4) is 0 Å². The second-order valence-electron chi connectivity index (χ2n) is 4.50. The Morgan fingerprint density at radius 2 is 1.12 bits per heavy atom. The van der Waals surface area contributed by atoms with E-state index in [1.165, 1.54) is 57.8 Å². The standard InChI is InChI=1S/C14H28O3/c1-16-12-10-8-6-4-2-3-5-7-9-11-13-17-14-15/h14H,2-13H2,1H3. The van der Waals surface area contributed by atoms with Crippen LogP contribution in [0.1, 0.15) is 64.2 Å². The van der Waals surface area contributed by atoms with Crippen LogP contribution in [0.2, 0.25) is 0 Å². The van der Waals surface area contributed by atoms with Crippen molar-refractivity contribution in [1.82, 2.24) is 0 Å². The SMILES string of the molecule is COCCCCCCCCCCCCOC=O. The lowest BCUT2D eigenvalue weighted by Crippen LogP contribution is -1.91. The van der Waals surface area contributed by atoms with Crippen LogP contribution < -0.4 is 0 Å². The molecule has 0 aromatic carbocycles. The molecule has 0 fully saturated rings. The van der Waals surface area contributed by atoms with Crippen molar-refractivity contribution in [1.29, 1.82) is 0 Å². The summed E-state index contributed by atoms with van der Waals surface area (Å²) in [5, 5.41) is 0. The molecule has 17 heavy (non-hydrogen) atoms. The van der Waals surface area contributed by atoms with Gasteiger partial charge >= 0.3 is 0 Å². The quantitative estimate of drug-likeness (QED) is 0.345. The van der Waals surface area contributed by atoms with Gasteiger partial charge < -0.3 is 9.47 Å². The van der Waals surface area contributed by atoms with E-state index in [-0.39, 0.29) is 0 Å². The molecule has 0 radical (unpaired) electrons. The third kappa shape index (κ3) is 15.4. The maximum atomic E-state index is 9.88. The van der Waals surface area contributed by atoms with Crippen LogP contribution in [-0.2, 0) is 14.3 Å². The first-order valence-corrected chi connectivity index (χ1v) is 6.96. The van der Waals surface area contributed by atoms with Gasteiger partial charge in [0.05, 0.1) is 6.61 Å². The molecule has 0 heterocycles. The molecule has 0 saturated carbocycles. The topological polar surface area (TPSA) is 35.5 Å². The van der Waals surface area contributed by atoms with Gasteiger partial charge in [0.15, 0.2) is 0 Å². The van der Waals surface area contributed by atoms with Gasteiger partial charge in [0.1, 0.15) is 0 Å². The summed E-state index contributed by atoms with van der Waals surface area (Å²) in [7, 11) is 1.76. The Kier molecular flexibility index (Phi) is 14.9. The average molecular weight is 244 g/mol. The molecule has 0 saturated heterocycles. The zero-order chi connectivity index (χ0) is 12.6. The van der Waals surface area contributed by atoms with E-state index in [4.69, 9.17) is 4.74 Å². The van der Waals surface area contributed by atoms with E-state index >= 15 is 0 Å². The summed E-state index contributed by atoms with van der Waals surface area (Å²) in [4.78, 5) is 9.88. The highest BCUT2D eigenvalue weighted by atomic mass is 16.5. The predicted octanol–water partition coefficient (Wildman–Crippen LogP) is 3.71. The normalized spacial score (nSPS) is 10.4. The second-order valence-corrected chi connectivity index (χ2v) is 4.50. The van der Waals surface area contributed by atoms with E-state index in [1.54, 1.807) is 7.11 Å². The Morgan fingerprint density at radius 3 is 1.53 bits per heavy atom. The number of methoxy groups -OCH3 is 1. The molecule has 0 N–H and O–H groups in total. The summed E-state index contributed by atoms with van der Waals surface area (Å²) < 4.78 is 9.64. The summed E-state index contributed by atoms with van der Waals surface area (Å²) in [5.74, 6) is 0. The fourth-order valence-electron chi connectivity index (χ4n) is 1.89. The van der Waals surface area contributed by atoms with Crippen LogP contribution in [0.15, 0.2) is 0 Å². The van der Waals surface area contributed by atoms with Gasteiger partial charge in [-0.05, 0) is 12.8 Å². The van der Waals surface area contributed by atoms with Crippen molar-refractivity contribution in [3.63, 3.8) is 0 Å². The summed E-state index contributed by atoms with van der Waals surface area (Å²) in [5.41, 5.74) is 0. The van der Waals surface area contributed by atoms with Gasteiger partial charge in [-0.3, -0.25) is 4.79 Å². The van der Waals surface area contributed by atoms with Crippen LogP contribution in [0.25, 0.3) is 0 Å². The molecule has 0 amide bonds. The van der Waals surface area contributed by atoms with E-state index in [9.17, 15) is 4.79 Å². The molecule has 3 nitrogen and oxygen atoms in total. The monoisotopic (exact) mass is 244 g/mol. The zero-order valence-corrected chi connectivity index (χ0v) is 11.3. The summed E-state index contributed by atoms with van der Waals surface area (Å²) in [6, 6.07) is 0. The average Bonchev–Trinajstić information content (AvgIpc) is 2.35. The highest BCUT2D eigenvalue weighted by molar-refractivity contribution is 5.36. The Balaban J connectivity index is 2.87. The Labute approximate surface area is 106 Å². The van der Waals surface area contributed by atoms with Crippen LogP contribution >= 0.6 is 0 Å². The molecule has 0 unspecified atom stereocenters. The van der Waals surface area contributed by atoms with Gasteiger partial charge in [-0.25, -0.2) is 0 Å². The molecule has 0 aromatic heterocycles. The van der Waals surface area contributed by atoms with Crippen molar-refractivity contribution in [2.75, 3.05) is 20.3 Å². The first-order valence-electron chi connectivity index (χ1n) is 6.96. The summed E-state index contributed by atoms with van der Waals surface area (Å²) in [6.07, 6.45) is 12.7. The lowest BCUT2D eigenvalue weighted by Gasteiger charge is -2.02.